The van der Waals surface area contributed by atoms with E-state index in [4.69, 9.17) is 9.15 Å². The molecule has 1 aliphatic rings. The number of methoxy groups -OCH3 is 1. The molecule has 0 spiro atoms. The van der Waals surface area contributed by atoms with Crippen molar-refractivity contribution in [2.45, 2.75) is 25.9 Å². The van der Waals surface area contributed by atoms with E-state index in [0.717, 1.165) is 17.5 Å². The summed E-state index contributed by atoms with van der Waals surface area (Å²) in [5, 5.41) is 11.1. The lowest BCUT2D eigenvalue weighted by Gasteiger charge is -2.24. The summed E-state index contributed by atoms with van der Waals surface area (Å²) < 4.78 is 10.6. The van der Waals surface area contributed by atoms with Crippen LogP contribution in [0.15, 0.2) is 76.9 Å². The van der Waals surface area contributed by atoms with Gasteiger partial charge in [-0.1, -0.05) is 43.3 Å². The summed E-state index contributed by atoms with van der Waals surface area (Å²) in [6.45, 7) is 2.17. The van der Waals surface area contributed by atoms with Crippen LogP contribution in [-0.2, 0) is 22.6 Å². The minimum absolute atomic E-state index is 0.0501. The fraction of sp³-hybridized carbons (Fsp3) is 0.200. The molecule has 0 radical (unpaired) electrons. The molecule has 158 valence electrons. The van der Waals surface area contributed by atoms with Crippen molar-refractivity contribution in [3.63, 3.8) is 0 Å². The summed E-state index contributed by atoms with van der Waals surface area (Å²) in [5.74, 6) is -0.540. The SMILES string of the molecule is CCc1ccc(C2/C(=C(/O)c3cccc(OC)c3)C(=O)C(=O)N2Cc2ccco2)cc1. The number of ether oxygens (including phenoxy) is 1. The van der Waals surface area contributed by atoms with Gasteiger partial charge < -0.3 is 19.2 Å². The number of Topliss-reactive ketones (excluding diaryl/α,β-unsaturated/α-hetero) is 1. The van der Waals surface area contributed by atoms with E-state index in [2.05, 4.69) is 6.92 Å². The molecule has 1 fully saturated rings. The molecule has 6 heteroatoms. The zero-order valence-corrected chi connectivity index (χ0v) is 17.4. The molecular formula is C25H23NO5. The number of aliphatic hydroxyl groups excluding tert-OH is 1. The molecule has 2 heterocycles. The van der Waals surface area contributed by atoms with Crippen molar-refractivity contribution in [2.75, 3.05) is 7.11 Å². The van der Waals surface area contributed by atoms with Gasteiger partial charge in [0.15, 0.2) is 0 Å². The van der Waals surface area contributed by atoms with Crippen LogP contribution >= 0.6 is 0 Å². The second-order valence-electron chi connectivity index (χ2n) is 7.33. The van der Waals surface area contributed by atoms with Gasteiger partial charge in [0.1, 0.15) is 17.3 Å². The third-order valence-electron chi connectivity index (χ3n) is 5.49. The van der Waals surface area contributed by atoms with Crippen molar-refractivity contribution in [2.24, 2.45) is 0 Å². The topological polar surface area (TPSA) is 80.0 Å². The molecule has 0 bridgehead atoms. The van der Waals surface area contributed by atoms with Crippen LogP contribution in [0.1, 0.15) is 35.4 Å². The smallest absolute Gasteiger partial charge is 0.296 e. The Morgan fingerprint density at radius 1 is 1.10 bits per heavy atom. The van der Waals surface area contributed by atoms with Gasteiger partial charge in [0, 0.05) is 5.56 Å². The molecule has 31 heavy (non-hydrogen) atoms. The van der Waals surface area contributed by atoms with Crippen LogP contribution in [0.5, 0.6) is 5.75 Å². The lowest BCUT2D eigenvalue weighted by molar-refractivity contribution is -0.140. The first-order valence-corrected chi connectivity index (χ1v) is 10.1. The molecule has 0 saturated carbocycles. The molecular weight excluding hydrogens is 394 g/mol. The zero-order chi connectivity index (χ0) is 22.0. The van der Waals surface area contributed by atoms with Crippen LogP contribution in [0.25, 0.3) is 5.76 Å². The van der Waals surface area contributed by atoms with Crippen LogP contribution in [-0.4, -0.2) is 28.8 Å². The highest BCUT2D eigenvalue weighted by Crippen LogP contribution is 2.40. The fourth-order valence-corrected chi connectivity index (χ4v) is 3.82. The number of ketones is 1. The molecule has 2 aromatic carbocycles. The predicted molar refractivity (Wildman–Crippen MR) is 115 cm³/mol. The number of hydrogen-bond donors (Lipinski definition) is 1. The van der Waals surface area contributed by atoms with E-state index >= 15 is 0 Å². The van der Waals surface area contributed by atoms with Gasteiger partial charge in [-0.3, -0.25) is 9.59 Å². The van der Waals surface area contributed by atoms with Crippen molar-refractivity contribution in [3.8, 4) is 5.75 Å². The number of hydrogen-bond acceptors (Lipinski definition) is 5. The Morgan fingerprint density at radius 3 is 2.52 bits per heavy atom. The van der Waals surface area contributed by atoms with Gasteiger partial charge in [-0.05, 0) is 41.8 Å². The summed E-state index contributed by atoms with van der Waals surface area (Å²) in [4.78, 5) is 27.5. The van der Waals surface area contributed by atoms with Crippen LogP contribution in [0, 0.1) is 0 Å². The number of furan rings is 1. The molecule has 1 amide bonds. The Bertz CT molecular complexity index is 1130. The monoisotopic (exact) mass is 417 g/mol. The standard InChI is InChI=1S/C25H23NO5/c1-3-16-9-11-17(12-10-16)22-21(23(27)18-6-4-7-19(14-18)30-2)24(28)25(29)26(22)15-20-8-5-13-31-20/h4-14,22,27H,3,15H2,1-2H3/b23-21-. The van der Waals surface area contributed by atoms with Crippen molar-refractivity contribution in [3.05, 3.63) is 95.0 Å². The lowest BCUT2D eigenvalue weighted by atomic mass is 9.94. The fourth-order valence-electron chi connectivity index (χ4n) is 3.82. The van der Waals surface area contributed by atoms with E-state index in [-0.39, 0.29) is 17.9 Å². The van der Waals surface area contributed by atoms with Crippen LogP contribution < -0.4 is 4.74 Å². The maximum atomic E-state index is 13.0. The third-order valence-corrected chi connectivity index (χ3v) is 5.49. The molecule has 3 aromatic rings. The van der Waals surface area contributed by atoms with E-state index in [1.54, 1.807) is 36.4 Å². The van der Waals surface area contributed by atoms with Crippen molar-refractivity contribution < 1.29 is 23.8 Å². The normalized spacial score (nSPS) is 17.9. The predicted octanol–water partition coefficient (Wildman–Crippen LogP) is 4.47. The number of rotatable bonds is 6. The quantitative estimate of drug-likeness (QED) is 0.364. The van der Waals surface area contributed by atoms with E-state index in [1.165, 1.54) is 18.3 Å². The Morgan fingerprint density at radius 2 is 1.87 bits per heavy atom. The molecule has 6 nitrogen and oxygen atoms in total. The zero-order valence-electron chi connectivity index (χ0n) is 17.4. The van der Waals surface area contributed by atoms with Gasteiger partial charge in [-0.25, -0.2) is 0 Å². The Labute approximate surface area is 180 Å². The third kappa shape index (κ3) is 3.84. The minimum Gasteiger partial charge on any atom is -0.507 e. The Balaban J connectivity index is 1.86. The largest absolute Gasteiger partial charge is 0.507 e. The van der Waals surface area contributed by atoms with Crippen molar-refractivity contribution in [1.29, 1.82) is 0 Å². The maximum absolute atomic E-state index is 13.0. The Kier molecular flexibility index (Phi) is 5.62. The van der Waals surface area contributed by atoms with Crippen molar-refractivity contribution >= 4 is 17.4 Å². The number of benzene rings is 2. The molecule has 0 aliphatic carbocycles. The first kappa shape index (κ1) is 20.5. The maximum Gasteiger partial charge on any atom is 0.296 e. The van der Waals surface area contributed by atoms with E-state index in [9.17, 15) is 14.7 Å². The van der Waals surface area contributed by atoms with Gasteiger partial charge in [0.25, 0.3) is 11.7 Å². The van der Waals surface area contributed by atoms with Gasteiger partial charge in [0.05, 0.1) is 31.5 Å². The molecule has 1 aromatic heterocycles. The number of aryl methyl sites for hydroxylation is 1. The van der Waals surface area contributed by atoms with Gasteiger partial charge >= 0.3 is 0 Å². The highest BCUT2D eigenvalue weighted by Gasteiger charge is 2.46. The number of aliphatic hydroxyl groups is 1. The number of nitrogens with zero attached hydrogens (tertiary/aromatic N) is 1. The highest BCUT2D eigenvalue weighted by molar-refractivity contribution is 6.46. The van der Waals surface area contributed by atoms with Gasteiger partial charge in [-0.2, -0.15) is 0 Å². The van der Waals surface area contributed by atoms with Crippen molar-refractivity contribution in [1.82, 2.24) is 4.90 Å². The summed E-state index contributed by atoms with van der Waals surface area (Å²) >= 11 is 0. The second kappa shape index (κ2) is 8.52. The summed E-state index contributed by atoms with van der Waals surface area (Å²) in [7, 11) is 1.52. The summed E-state index contributed by atoms with van der Waals surface area (Å²) in [6, 6.07) is 17.2. The minimum atomic E-state index is -0.734. The van der Waals surface area contributed by atoms with E-state index < -0.39 is 17.7 Å². The van der Waals surface area contributed by atoms with Crippen LogP contribution in [0.4, 0.5) is 0 Å². The average molecular weight is 417 g/mol. The van der Waals surface area contributed by atoms with Crippen LogP contribution in [0.3, 0.4) is 0 Å². The lowest BCUT2D eigenvalue weighted by Crippen LogP contribution is -2.29. The molecule has 1 unspecified atom stereocenters. The van der Waals surface area contributed by atoms with Crippen LogP contribution in [0.2, 0.25) is 0 Å². The average Bonchev–Trinajstić information content (AvgIpc) is 3.41. The van der Waals surface area contributed by atoms with E-state index in [1.807, 2.05) is 24.3 Å². The molecule has 1 N–H and O–H groups in total. The number of amides is 1. The van der Waals surface area contributed by atoms with Gasteiger partial charge in [-0.15, -0.1) is 0 Å². The molecule has 1 aliphatic heterocycles. The molecule has 4 rings (SSSR count). The van der Waals surface area contributed by atoms with E-state index in [0.29, 0.717) is 17.1 Å². The number of carbonyl (C=O) groups excluding carboxylic acids is 2. The first-order valence-electron chi connectivity index (χ1n) is 10.1. The summed E-state index contributed by atoms with van der Waals surface area (Å²) in [6.07, 6.45) is 2.39. The summed E-state index contributed by atoms with van der Waals surface area (Å²) in [5.41, 5.74) is 2.34. The Hall–Kier alpha value is -3.80. The number of likely N-dealkylation sites (tertiary alicyclic amines) is 1. The molecule has 1 atom stereocenters. The highest BCUT2D eigenvalue weighted by atomic mass is 16.5. The number of carbonyl (C=O) groups is 2. The second-order valence-corrected chi connectivity index (χ2v) is 7.33. The first-order chi connectivity index (χ1) is 15.0. The van der Waals surface area contributed by atoms with Gasteiger partial charge in [0.2, 0.25) is 0 Å². The molecule has 1 saturated heterocycles.